The minimum atomic E-state index is -0.850. The number of aromatic nitrogens is 3. The molecular formula is C20H27N5O2. The Morgan fingerprint density at radius 2 is 2.11 bits per heavy atom. The molecule has 0 saturated carbocycles. The number of aryl methyl sites for hydroxylation is 2. The summed E-state index contributed by atoms with van der Waals surface area (Å²) >= 11 is 0. The SMILES string of the molecule is COC(C)(C)C(=O)N1CCC[C@@H]1c1cc(Nc2ncccc2C)nc(C)n1. The summed E-state index contributed by atoms with van der Waals surface area (Å²) in [4.78, 5) is 28.3. The minimum absolute atomic E-state index is 0.0150. The zero-order valence-electron chi connectivity index (χ0n) is 16.6. The molecule has 144 valence electrons. The Morgan fingerprint density at radius 3 is 2.81 bits per heavy atom. The zero-order valence-corrected chi connectivity index (χ0v) is 16.6. The number of carbonyl (C=O) groups is 1. The van der Waals surface area contributed by atoms with Gasteiger partial charge in [-0.3, -0.25) is 4.79 Å². The highest BCUT2D eigenvalue weighted by Gasteiger charge is 2.39. The first-order valence-corrected chi connectivity index (χ1v) is 9.22. The molecule has 3 rings (SSSR count). The number of rotatable bonds is 5. The van der Waals surface area contributed by atoms with Gasteiger partial charge in [0.05, 0.1) is 11.7 Å². The van der Waals surface area contributed by atoms with Crippen LogP contribution in [0.2, 0.25) is 0 Å². The maximum atomic E-state index is 12.9. The molecular weight excluding hydrogens is 342 g/mol. The highest BCUT2D eigenvalue weighted by Crippen LogP contribution is 2.34. The van der Waals surface area contributed by atoms with Crippen molar-refractivity contribution in [2.24, 2.45) is 0 Å². The summed E-state index contributed by atoms with van der Waals surface area (Å²) in [7, 11) is 1.56. The number of carbonyl (C=O) groups excluding carboxylic acids is 1. The quantitative estimate of drug-likeness (QED) is 0.871. The molecule has 2 aromatic rings. The van der Waals surface area contributed by atoms with Gasteiger partial charge in [-0.1, -0.05) is 6.07 Å². The summed E-state index contributed by atoms with van der Waals surface area (Å²) in [5.41, 5.74) is 1.03. The van der Waals surface area contributed by atoms with Crippen molar-refractivity contribution in [1.29, 1.82) is 0 Å². The Morgan fingerprint density at radius 1 is 1.33 bits per heavy atom. The molecule has 3 heterocycles. The smallest absolute Gasteiger partial charge is 0.254 e. The molecule has 2 aromatic heterocycles. The van der Waals surface area contributed by atoms with Crippen molar-refractivity contribution < 1.29 is 9.53 Å². The van der Waals surface area contributed by atoms with E-state index in [0.29, 0.717) is 18.2 Å². The van der Waals surface area contributed by atoms with E-state index in [4.69, 9.17) is 4.74 Å². The fourth-order valence-corrected chi connectivity index (χ4v) is 3.31. The molecule has 1 aliphatic heterocycles. The lowest BCUT2D eigenvalue weighted by atomic mass is 10.1. The van der Waals surface area contributed by atoms with E-state index in [-0.39, 0.29) is 11.9 Å². The monoisotopic (exact) mass is 369 g/mol. The van der Waals surface area contributed by atoms with Gasteiger partial charge in [-0.25, -0.2) is 15.0 Å². The van der Waals surface area contributed by atoms with Crippen LogP contribution >= 0.6 is 0 Å². The second kappa shape index (κ2) is 7.60. The topological polar surface area (TPSA) is 80.2 Å². The van der Waals surface area contributed by atoms with Crippen LogP contribution < -0.4 is 5.32 Å². The number of methoxy groups -OCH3 is 1. The molecule has 0 radical (unpaired) electrons. The number of hydrogen-bond donors (Lipinski definition) is 1. The molecule has 1 N–H and O–H groups in total. The minimum Gasteiger partial charge on any atom is -0.369 e. The first-order chi connectivity index (χ1) is 12.8. The van der Waals surface area contributed by atoms with Gasteiger partial charge in [0.25, 0.3) is 5.91 Å². The third-order valence-electron chi connectivity index (χ3n) is 4.99. The number of hydrogen-bond acceptors (Lipinski definition) is 6. The van der Waals surface area contributed by atoms with Gasteiger partial charge in [0.1, 0.15) is 23.1 Å². The van der Waals surface area contributed by atoms with Crippen molar-refractivity contribution in [2.45, 2.75) is 52.2 Å². The van der Waals surface area contributed by atoms with Crippen LogP contribution in [-0.4, -0.2) is 45.0 Å². The van der Waals surface area contributed by atoms with Gasteiger partial charge in [-0.2, -0.15) is 0 Å². The van der Waals surface area contributed by atoms with Gasteiger partial charge >= 0.3 is 0 Å². The molecule has 0 spiro atoms. The first kappa shape index (κ1) is 19.2. The van der Waals surface area contributed by atoms with Gasteiger partial charge in [0, 0.05) is 25.9 Å². The predicted molar refractivity (Wildman–Crippen MR) is 104 cm³/mol. The number of anilines is 2. The van der Waals surface area contributed by atoms with Crippen LogP contribution in [0.3, 0.4) is 0 Å². The van der Waals surface area contributed by atoms with Crippen LogP contribution in [0.1, 0.15) is 49.8 Å². The van der Waals surface area contributed by atoms with Gasteiger partial charge in [0.2, 0.25) is 0 Å². The van der Waals surface area contributed by atoms with E-state index in [1.54, 1.807) is 27.2 Å². The molecule has 1 saturated heterocycles. The molecule has 1 aliphatic rings. The second-order valence-electron chi connectivity index (χ2n) is 7.39. The number of nitrogens with zero attached hydrogens (tertiary/aromatic N) is 4. The Bertz CT molecular complexity index is 837. The normalized spacial score (nSPS) is 17.2. The van der Waals surface area contributed by atoms with E-state index in [0.717, 1.165) is 29.9 Å². The number of pyridine rings is 1. The second-order valence-corrected chi connectivity index (χ2v) is 7.39. The Balaban J connectivity index is 1.89. The highest BCUT2D eigenvalue weighted by atomic mass is 16.5. The van der Waals surface area contributed by atoms with Crippen LogP contribution in [0.15, 0.2) is 24.4 Å². The van der Waals surface area contributed by atoms with E-state index < -0.39 is 5.60 Å². The Hall–Kier alpha value is -2.54. The van der Waals surface area contributed by atoms with Crippen molar-refractivity contribution in [3.63, 3.8) is 0 Å². The third kappa shape index (κ3) is 4.08. The molecule has 1 atom stereocenters. The third-order valence-corrected chi connectivity index (χ3v) is 4.99. The number of nitrogens with one attached hydrogen (secondary N) is 1. The molecule has 0 bridgehead atoms. The molecule has 1 fully saturated rings. The summed E-state index contributed by atoms with van der Waals surface area (Å²) in [6, 6.07) is 5.74. The summed E-state index contributed by atoms with van der Waals surface area (Å²) < 4.78 is 5.39. The standard InChI is InChI=1S/C20H27N5O2/c1-13-8-6-10-21-18(13)24-17-12-15(22-14(2)23-17)16-9-7-11-25(16)19(26)20(3,4)27-5/h6,8,10,12,16H,7,9,11H2,1-5H3,(H,21,22,23,24)/t16-/m1/s1. The molecule has 27 heavy (non-hydrogen) atoms. The number of ether oxygens (including phenoxy) is 1. The average molecular weight is 369 g/mol. The molecule has 7 heteroatoms. The van der Waals surface area contributed by atoms with Crippen molar-refractivity contribution in [3.8, 4) is 0 Å². The van der Waals surface area contributed by atoms with Crippen molar-refractivity contribution in [3.05, 3.63) is 41.5 Å². The van der Waals surface area contributed by atoms with Crippen LogP contribution in [0, 0.1) is 13.8 Å². The van der Waals surface area contributed by atoms with Gasteiger partial charge in [-0.15, -0.1) is 0 Å². The summed E-state index contributed by atoms with van der Waals surface area (Å²) in [5.74, 6) is 2.10. The Kier molecular flexibility index (Phi) is 5.41. The molecule has 1 amide bonds. The van der Waals surface area contributed by atoms with E-state index in [9.17, 15) is 4.79 Å². The highest BCUT2D eigenvalue weighted by molar-refractivity contribution is 5.85. The fraction of sp³-hybridized carbons (Fsp3) is 0.500. The molecule has 0 aromatic carbocycles. The van der Waals surface area contributed by atoms with Crippen LogP contribution in [0.4, 0.5) is 11.6 Å². The maximum absolute atomic E-state index is 12.9. The van der Waals surface area contributed by atoms with E-state index in [1.165, 1.54) is 0 Å². The van der Waals surface area contributed by atoms with Gasteiger partial charge in [-0.05, 0) is 52.2 Å². The van der Waals surface area contributed by atoms with Crippen LogP contribution in [0.5, 0.6) is 0 Å². The van der Waals surface area contributed by atoms with E-state index in [1.807, 2.05) is 36.9 Å². The van der Waals surface area contributed by atoms with Crippen LogP contribution in [-0.2, 0) is 9.53 Å². The first-order valence-electron chi connectivity index (χ1n) is 9.22. The van der Waals surface area contributed by atoms with Crippen molar-refractivity contribution in [1.82, 2.24) is 19.9 Å². The van der Waals surface area contributed by atoms with Gasteiger partial charge in [0.15, 0.2) is 0 Å². The summed E-state index contributed by atoms with van der Waals surface area (Å²) in [6.07, 6.45) is 3.57. The molecule has 7 nitrogen and oxygen atoms in total. The van der Waals surface area contributed by atoms with Crippen molar-refractivity contribution >= 4 is 17.5 Å². The average Bonchev–Trinajstić information content (AvgIpc) is 3.12. The predicted octanol–water partition coefficient (Wildman–Crippen LogP) is 3.32. The lowest BCUT2D eigenvalue weighted by molar-refractivity contribution is -0.152. The number of likely N-dealkylation sites (tertiary alicyclic amines) is 1. The Labute approximate surface area is 160 Å². The largest absolute Gasteiger partial charge is 0.369 e. The number of amides is 1. The molecule has 0 unspecified atom stereocenters. The fourth-order valence-electron chi connectivity index (χ4n) is 3.31. The van der Waals surface area contributed by atoms with E-state index >= 15 is 0 Å². The van der Waals surface area contributed by atoms with Crippen LogP contribution in [0.25, 0.3) is 0 Å². The van der Waals surface area contributed by atoms with Gasteiger partial charge < -0.3 is 15.0 Å². The zero-order chi connectivity index (χ0) is 19.6. The summed E-state index contributed by atoms with van der Waals surface area (Å²) in [5, 5.41) is 3.27. The summed E-state index contributed by atoms with van der Waals surface area (Å²) in [6.45, 7) is 8.16. The van der Waals surface area contributed by atoms with Crippen molar-refractivity contribution in [2.75, 3.05) is 19.0 Å². The molecule has 0 aliphatic carbocycles. The lowest BCUT2D eigenvalue weighted by Crippen LogP contribution is -2.46. The maximum Gasteiger partial charge on any atom is 0.254 e. The van der Waals surface area contributed by atoms with E-state index in [2.05, 4.69) is 20.3 Å². The lowest BCUT2D eigenvalue weighted by Gasteiger charge is -2.32.